The van der Waals surface area contributed by atoms with Gasteiger partial charge in [0.25, 0.3) is 0 Å². The molecule has 1 heterocycles. The molecule has 0 aliphatic rings. The Labute approximate surface area is 133 Å². The second-order valence-electron chi connectivity index (χ2n) is 4.94. The highest BCUT2D eigenvalue weighted by Crippen LogP contribution is 2.12. The zero-order valence-corrected chi connectivity index (χ0v) is 13.7. The second kappa shape index (κ2) is 7.95. The number of nitrogens with two attached hydrogens (primary N) is 1. The molecule has 1 aromatic heterocycles. The first-order valence-corrected chi connectivity index (χ1v) is 7.69. The third-order valence-corrected chi connectivity index (χ3v) is 3.42. The number of benzene rings is 1. The van der Waals surface area contributed by atoms with Gasteiger partial charge in [-0.25, -0.2) is 4.98 Å². The summed E-state index contributed by atoms with van der Waals surface area (Å²) in [5.74, 6) is 1.02. The lowest BCUT2D eigenvalue weighted by molar-refractivity contribution is 0.325. The highest BCUT2D eigenvalue weighted by atomic mass is 79.9. The number of nitrogens with zero attached hydrogens (tertiary/aromatic N) is 3. The Morgan fingerprint density at radius 2 is 2.00 bits per heavy atom. The number of hydrogen-bond donors (Lipinski definition) is 2. The summed E-state index contributed by atoms with van der Waals surface area (Å²) < 4.78 is 0.693. The quantitative estimate of drug-likeness (QED) is 0.594. The monoisotopic (exact) mass is 349 g/mol. The van der Waals surface area contributed by atoms with Crippen molar-refractivity contribution in [2.75, 3.05) is 31.2 Å². The van der Waals surface area contributed by atoms with Gasteiger partial charge in [-0.1, -0.05) is 30.3 Å². The van der Waals surface area contributed by atoms with Crippen molar-refractivity contribution in [3.8, 4) is 0 Å². The van der Waals surface area contributed by atoms with Crippen LogP contribution < -0.4 is 11.1 Å². The first kappa shape index (κ1) is 15.7. The van der Waals surface area contributed by atoms with Gasteiger partial charge in [-0.15, -0.1) is 0 Å². The standard InChI is InChI=1S/C15H20BrN5/c1-21(11-12-6-3-2-4-7-12)9-5-8-18-15-19-13(16)10-14(17)20-15/h2-4,6-7,10H,5,8-9,11H2,1H3,(H3,17,18,19,20). The van der Waals surface area contributed by atoms with Crippen molar-refractivity contribution in [3.05, 3.63) is 46.6 Å². The molecule has 0 atom stereocenters. The van der Waals surface area contributed by atoms with Crippen LogP contribution in [0.5, 0.6) is 0 Å². The van der Waals surface area contributed by atoms with Gasteiger partial charge in [0.2, 0.25) is 5.95 Å². The van der Waals surface area contributed by atoms with E-state index >= 15 is 0 Å². The average Bonchev–Trinajstić information content (AvgIpc) is 2.44. The predicted octanol–water partition coefficient (Wildman–Crippen LogP) is 2.76. The Bertz CT molecular complexity index is 541. The van der Waals surface area contributed by atoms with Gasteiger partial charge in [0.05, 0.1) is 0 Å². The number of hydrogen-bond acceptors (Lipinski definition) is 5. The molecule has 21 heavy (non-hydrogen) atoms. The van der Waals surface area contributed by atoms with Crippen LogP contribution >= 0.6 is 15.9 Å². The molecule has 0 fully saturated rings. The number of rotatable bonds is 7. The van der Waals surface area contributed by atoms with Crippen LogP contribution in [0.15, 0.2) is 41.0 Å². The first-order valence-electron chi connectivity index (χ1n) is 6.90. The molecule has 0 saturated heterocycles. The van der Waals surface area contributed by atoms with E-state index in [-0.39, 0.29) is 0 Å². The molecular weight excluding hydrogens is 330 g/mol. The van der Waals surface area contributed by atoms with E-state index in [9.17, 15) is 0 Å². The number of nitrogen functional groups attached to an aromatic ring is 1. The van der Waals surface area contributed by atoms with Gasteiger partial charge in [-0.3, -0.25) is 0 Å². The molecule has 0 radical (unpaired) electrons. The Kier molecular flexibility index (Phi) is 5.95. The summed E-state index contributed by atoms with van der Waals surface area (Å²) in [4.78, 5) is 10.6. The van der Waals surface area contributed by atoms with Crippen LogP contribution in [0.3, 0.4) is 0 Å². The van der Waals surface area contributed by atoms with Gasteiger partial charge in [0.1, 0.15) is 10.4 Å². The maximum atomic E-state index is 5.67. The largest absolute Gasteiger partial charge is 0.383 e. The molecular formula is C15H20BrN5. The van der Waals surface area contributed by atoms with Gasteiger partial charge >= 0.3 is 0 Å². The summed E-state index contributed by atoms with van der Waals surface area (Å²) >= 11 is 3.30. The van der Waals surface area contributed by atoms with E-state index in [0.29, 0.717) is 16.4 Å². The first-order chi connectivity index (χ1) is 10.1. The maximum Gasteiger partial charge on any atom is 0.225 e. The lowest BCUT2D eigenvalue weighted by Crippen LogP contribution is -2.21. The SMILES string of the molecule is CN(CCCNc1nc(N)cc(Br)n1)Cc1ccccc1. The lowest BCUT2D eigenvalue weighted by atomic mass is 10.2. The summed E-state index contributed by atoms with van der Waals surface area (Å²) in [7, 11) is 2.13. The minimum absolute atomic E-state index is 0.459. The third-order valence-electron chi connectivity index (χ3n) is 3.01. The molecule has 3 N–H and O–H groups in total. The maximum absolute atomic E-state index is 5.67. The van der Waals surface area contributed by atoms with E-state index in [2.05, 4.69) is 67.4 Å². The summed E-state index contributed by atoms with van der Waals surface area (Å²) in [5.41, 5.74) is 7.00. The third kappa shape index (κ3) is 5.69. The normalized spacial score (nSPS) is 10.8. The molecule has 0 aliphatic heterocycles. The summed E-state index contributed by atoms with van der Waals surface area (Å²) in [6.07, 6.45) is 1.01. The molecule has 0 bridgehead atoms. The second-order valence-corrected chi connectivity index (χ2v) is 5.76. The molecule has 6 heteroatoms. The van der Waals surface area contributed by atoms with Crippen LogP contribution in [-0.2, 0) is 6.54 Å². The Balaban J connectivity index is 1.69. The van der Waals surface area contributed by atoms with Crippen LogP contribution in [0, 0.1) is 0 Å². The van der Waals surface area contributed by atoms with Gasteiger partial charge in [0, 0.05) is 19.2 Å². The van der Waals surface area contributed by atoms with E-state index in [0.717, 1.165) is 26.1 Å². The molecule has 0 aliphatic carbocycles. The number of nitrogens with one attached hydrogen (secondary N) is 1. The van der Waals surface area contributed by atoms with Crippen LogP contribution in [0.1, 0.15) is 12.0 Å². The number of halogens is 1. The molecule has 112 valence electrons. The summed E-state index contributed by atoms with van der Waals surface area (Å²) in [6, 6.07) is 12.1. The van der Waals surface area contributed by atoms with Gasteiger partial charge < -0.3 is 16.0 Å². The smallest absolute Gasteiger partial charge is 0.225 e. The fourth-order valence-electron chi connectivity index (χ4n) is 2.04. The summed E-state index contributed by atoms with van der Waals surface area (Å²) in [6.45, 7) is 2.78. The van der Waals surface area contributed by atoms with Gasteiger partial charge in [0.15, 0.2) is 0 Å². The zero-order valence-electron chi connectivity index (χ0n) is 12.1. The fraction of sp³-hybridized carbons (Fsp3) is 0.333. The minimum Gasteiger partial charge on any atom is -0.383 e. The van der Waals surface area contributed by atoms with E-state index in [1.165, 1.54) is 5.56 Å². The highest BCUT2D eigenvalue weighted by Gasteiger charge is 2.02. The van der Waals surface area contributed by atoms with Crippen molar-refractivity contribution in [1.82, 2.24) is 14.9 Å². The highest BCUT2D eigenvalue weighted by molar-refractivity contribution is 9.10. The van der Waals surface area contributed by atoms with Crippen molar-refractivity contribution in [3.63, 3.8) is 0 Å². The molecule has 2 rings (SSSR count). The van der Waals surface area contributed by atoms with Gasteiger partial charge in [-0.2, -0.15) is 4.98 Å². The topological polar surface area (TPSA) is 67.1 Å². The molecule has 0 saturated carbocycles. The zero-order chi connectivity index (χ0) is 15.1. The van der Waals surface area contributed by atoms with Crippen molar-refractivity contribution in [1.29, 1.82) is 0 Å². The Morgan fingerprint density at radius 1 is 1.24 bits per heavy atom. The van der Waals surface area contributed by atoms with Crippen LogP contribution in [0.4, 0.5) is 11.8 Å². The number of aromatic nitrogens is 2. The van der Waals surface area contributed by atoms with Crippen LogP contribution in [-0.4, -0.2) is 35.0 Å². The van der Waals surface area contributed by atoms with Crippen LogP contribution in [0.2, 0.25) is 0 Å². The Morgan fingerprint density at radius 3 is 2.71 bits per heavy atom. The summed E-state index contributed by atoms with van der Waals surface area (Å²) in [5, 5.41) is 3.19. The molecule has 1 aromatic carbocycles. The average molecular weight is 350 g/mol. The lowest BCUT2D eigenvalue weighted by Gasteiger charge is -2.16. The molecule has 0 amide bonds. The van der Waals surface area contributed by atoms with E-state index < -0.39 is 0 Å². The van der Waals surface area contributed by atoms with Crippen molar-refractivity contribution < 1.29 is 0 Å². The van der Waals surface area contributed by atoms with Crippen LogP contribution in [0.25, 0.3) is 0 Å². The Hall–Kier alpha value is -1.66. The van der Waals surface area contributed by atoms with E-state index in [1.807, 2.05) is 6.07 Å². The molecule has 0 spiro atoms. The number of anilines is 2. The van der Waals surface area contributed by atoms with Crippen molar-refractivity contribution in [2.45, 2.75) is 13.0 Å². The minimum atomic E-state index is 0.459. The van der Waals surface area contributed by atoms with E-state index in [4.69, 9.17) is 5.73 Å². The predicted molar refractivity (Wildman–Crippen MR) is 90.0 cm³/mol. The van der Waals surface area contributed by atoms with Gasteiger partial charge in [-0.05, 0) is 41.5 Å². The van der Waals surface area contributed by atoms with E-state index in [1.54, 1.807) is 6.07 Å². The molecule has 2 aromatic rings. The van der Waals surface area contributed by atoms with Crippen molar-refractivity contribution in [2.24, 2.45) is 0 Å². The molecule has 5 nitrogen and oxygen atoms in total. The fourth-order valence-corrected chi connectivity index (χ4v) is 2.44. The molecule has 0 unspecified atom stereocenters. The van der Waals surface area contributed by atoms with Crippen molar-refractivity contribution >= 4 is 27.7 Å².